The van der Waals surface area contributed by atoms with Gasteiger partial charge in [0.25, 0.3) is 0 Å². The predicted octanol–water partition coefficient (Wildman–Crippen LogP) is 3.40. The Balaban J connectivity index is 1.82. The summed E-state index contributed by atoms with van der Waals surface area (Å²) in [6.45, 7) is 10.9. The average molecular weight is 264 g/mol. The van der Waals surface area contributed by atoms with Crippen molar-refractivity contribution in [3.05, 3.63) is 23.7 Å². The minimum Gasteiger partial charge on any atom is -0.463 e. The van der Waals surface area contributed by atoms with Crippen LogP contribution < -0.4 is 5.32 Å². The van der Waals surface area contributed by atoms with Crippen LogP contribution in [0.2, 0.25) is 0 Å². The van der Waals surface area contributed by atoms with Crippen LogP contribution in [0.3, 0.4) is 0 Å². The van der Waals surface area contributed by atoms with E-state index in [0.717, 1.165) is 30.5 Å². The minimum atomic E-state index is 0.501. The monoisotopic (exact) mass is 264 g/mol. The van der Waals surface area contributed by atoms with E-state index in [0.29, 0.717) is 6.04 Å². The van der Waals surface area contributed by atoms with Crippen molar-refractivity contribution in [2.45, 2.75) is 59.2 Å². The van der Waals surface area contributed by atoms with Crippen LogP contribution in [-0.4, -0.2) is 24.0 Å². The maximum atomic E-state index is 5.90. The summed E-state index contributed by atoms with van der Waals surface area (Å²) in [7, 11) is 0. The Morgan fingerprint density at radius 3 is 2.89 bits per heavy atom. The van der Waals surface area contributed by atoms with Crippen LogP contribution in [0, 0.1) is 5.92 Å². The van der Waals surface area contributed by atoms with Crippen LogP contribution in [-0.2, 0) is 13.1 Å². The van der Waals surface area contributed by atoms with Crippen molar-refractivity contribution >= 4 is 0 Å². The lowest BCUT2D eigenvalue weighted by molar-refractivity contribution is 0.153. The van der Waals surface area contributed by atoms with Gasteiger partial charge in [-0.3, -0.25) is 4.90 Å². The molecule has 1 fully saturated rings. The molecule has 1 saturated heterocycles. The van der Waals surface area contributed by atoms with Crippen molar-refractivity contribution in [1.29, 1.82) is 0 Å². The molecule has 1 unspecified atom stereocenters. The van der Waals surface area contributed by atoms with E-state index in [1.165, 1.54) is 32.4 Å². The number of rotatable bonds is 6. The number of hydrogen-bond acceptors (Lipinski definition) is 3. The minimum absolute atomic E-state index is 0.501. The number of piperidine rings is 1. The Bertz CT molecular complexity index is 373. The van der Waals surface area contributed by atoms with E-state index >= 15 is 0 Å². The third-order valence-corrected chi connectivity index (χ3v) is 3.96. The first kappa shape index (κ1) is 14.6. The van der Waals surface area contributed by atoms with E-state index in [2.05, 4.69) is 43.1 Å². The van der Waals surface area contributed by atoms with Crippen LogP contribution in [0.4, 0.5) is 0 Å². The summed E-state index contributed by atoms with van der Waals surface area (Å²) < 4.78 is 5.90. The van der Waals surface area contributed by atoms with Crippen molar-refractivity contribution in [3.8, 4) is 0 Å². The Morgan fingerprint density at radius 1 is 1.37 bits per heavy atom. The molecule has 3 nitrogen and oxygen atoms in total. The molecule has 2 heterocycles. The standard InChI is InChI=1S/C16H28N2O/c1-4-14-6-5-9-18(11-14)12-16-8-7-15(19-16)10-17-13(2)3/h7-8,13-14,17H,4-6,9-12H2,1-3H3. The molecule has 0 aromatic carbocycles. The smallest absolute Gasteiger partial charge is 0.118 e. The van der Waals surface area contributed by atoms with Crippen molar-refractivity contribution in [2.75, 3.05) is 13.1 Å². The van der Waals surface area contributed by atoms with Gasteiger partial charge in [0, 0.05) is 12.6 Å². The van der Waals surface area contributed by atoms with E-state index in [9.17, 15) is 0 Å². The summed E-state index contributed by atoms with van der Waals surface area (Å²) >= 11 is 0. The van der Waals surface area contributed by atoms with Gasteiger partial charge >= 0.3 is 0 Å². The zero-order chi connectivity index (χ0) is 13.7. The van der Waals surface area contributed by atoms with E-state index in [1.54, 1.807) is 0 Å². The number of nitrogens with zero attached hydrogens (tertiary/aromatic N) is 1. The second-order valence-corrected chi connectivity index (χ2v) is 6.06. The fourth-order valence-electron chi connectivity index (χ4n) is 2.76. The highest BCUT2D eigenvalue weighted by molar-refractivity contribution is 5.07. The Morgan fingerprint density at radius 2 is 2.16 bits per heavy atom. The van der Waals surface area contributed by atoms with E-state index in [4.69, 9.17) is 4.42 Å². The third kappa shape index (κ3) is 4.66. The van der Waals surface area contributed by atoms with Crippen LogP contribution in [0.5, 0.6) is 0 Å². The zero-order valence-electron chi connectivity index (χ0n) is 12.6. The molecule has 108 valence electrons. The SMILES string of the molecule is CCC1CCCN(Cc2ccc(CNC(C)C)o2)C1. The molecule has 1 aliphatic rings. The molecule has 0 radical (unpaired) electrons. The van der Waals surface area contributed by atoms with Gasteiger partial charge in [-0.15, -0.1) is 0 Å². The van der Waals surface area contributed by atoms with Gasteiger partial charge in [0.2, 0.25) is 0 Å². The molecule has 0 aliphatic carbocycles. The molecule has 1 aliphatic heterocycles. The zero-order valence-corrected chi connectivity index (χ0v) is 12.6. The van der Waals surface area contributed by atoms with Gasteiger partial charge in [0.15, 0.2) is 0 Å². The summed E-state index contributed by atoms with van der Waals surface area (Å²) in [4.78, 5) is 2.54. The quantitative estimate of drug-likeness (QED) is 0.853. The van der Waals surface area contributed by atoms with Crippen molar-refractivity contribution < 1.29 is 4.42 Å². The summed E-state index contributed by atoms with van der Waals surface area (Å²) in [6, 6.07) is 4.74. The Labute approximate surface area is 117 Å². The molecule has 0 amide bonds. The molecule has 0 bridgehead atoms. The summed E-state index contributed by atoms with van der Waals surface area (Å²) in [5, 5.41) is 3.39. The lowest BCUT2D eigenvalue weighted by Crippen LogP contribution is -2.34. The van der Waals surface area contributed by atoms with Crippen molar-refractivity contribution in [2.24, 2.45) is 5.92 Å². The largest absolute Gasteiger partial charge is 0.463 e. The highest BCUT2D eigenvalue weighted by atomic mass is 16.3. The molecule has 0 spiro atoms. The normalized spacial score (nSPS) is 21.2. The lowest BCUT2D eigenvalue weighted by Gasteiger charge is -2.31. The average Bonchev–Trinajstić information content (AvgIpc) is 2.84. The molecule has 1 aromatic rings. The number of likely N-dealkylation sites (tertiary alicyclic amines) is 1. The number of furan rings is 1. The molecule has 1 aromatic heterocycles. The summed E-state index contributed by atoms with van der Waals surface area (Å²) in [6.07, 6.45) is 4.04. The van der Waals surface area contributed by atoms with Gasteiger partial charge in [-0.2, -0.15) is 0 Å². The first-order valence-electron chi connectivity index (χ1n) is 7.70. The molecule has 0 saturated carbocycles. The maximum Gasteiger partial charge on any atom is 0.118 e. The predicted molar refractivity (Wildman–Crippen MR) is 79.0 cm³/mol. The first-order chi connectivity index (χ1) is 9.17. The number of nitrogens with one attached hydrogen (secondary N) is 1. The van der Waals surface area contributed by atoms with Crippen LogP contribution in [0.25, 0.3) is 0 Å². The summed E-state index contributed by atoms with van der Waals surface area (Å²) in [5.41, 5.74) is 0. The molecule has 19 heavy (non-hydrogen) atoms. The van der Waals surface area contributed by atoms with Gasteiger partial charge in [0.05, 0.1) is 13.1 Å². The highest BCUT2D eigenvalue weighted by Gasteiger charge is 2.19. The molecule has 3 heteroatoms. The molecule has 1 atom stereocenters. The van der Waals surface area contributed by atoms with Gasteiger partial charge in [-0.25, -0.2) is 0 Å². The van der Waals surface area contributed by atoms with Crippen molar-refractivity contribution in [3.63, 3.8) is 0 Å². The van der Waals surface area contributed by atoms with Gasteiger partial charge in [-0.05, 0) is 37.4 Å². The third-order valence-electron chi connectivity index (χ3n) is 3.96. The topological polar surface area (TPSA) is 28.4 Å². The highest BCUT2D eigenvalue weighted by Crippen LogP contribution is 2.21. The number of hydrogen-bond donors (Lipinski definition) is 1. The Kier molecular flexibility index (Phi) is 5.46. The van der Waals surface area contributed by atoms with Crippen molar-refractivity contribution in [1.82, 2.24) is 10.2 Å². The van der Waals surface area contributed by atoms with Crippen LogP contribution >= 0.6 is 0 Å². The molecular weight excluding hydrogens is 236 g/mol. The second-order valence-electron chi connectivity index (χ2n) is 6.06. The summed E-state index contributed by atoms with van der Waals surface area (Å²) in [5.74, 6) is 3.04. The fraction of sp³-hybridized carbons (Fsp3) is 0.750. The lowest BCUT2D eigenvalue weighted by atomic mass is 9.96. The molecule has 1 N–H and O–H groups in total. The van der Waals surface area contributed by atoms with E-state index < -0.39 is 0 Å². The Hall–Kier alpha value is -0.800. The first-order valence-corrected chi connectivity index (χ1v) is 7.70. The van der Waals surface area contributed by atoms with E-state index in [-0.39, 0.29) is 0 Å². The molecule has 2 rings (SSSR count). The van der Waals surface area contributed by atoms with E-state index in [1.807, 2.05) is 0 Å². The van der Waals surface area contributed by atoms with Gasteiger partial charge in [-0.1, -0.05) is 27.2 Å². The van der Waals surface area contributed by atoms with Gasteiger partial charge < -0.3 is 9.73 Å². The van der Waals surface area contributed by atoms with Gasteiger partial charge in [0.1, 0.15) is 11.5 Å². The van der Waals surface area contributed by atoms with Crippen LogP contribution in [0.1, 0.15) is 51.6 Å². The van der Waals surface area contributed by atoms with Crippen LogP contribution in [0.15, 0.2) is 16.5 Å². The maximum absolute atomic E-state index is 5.90. The molecular formula is C16H28N2O. The second kappa shape index (κ2) is 7.11. The fourth-order valence-corrected chi connectivity index (χ4v) is 2.76.